The Hall–Kier alpha value is -3.71. The number of amides is 2. The number of sulfonamides is 1. The zero-order chi connectivity index (χ0) is 27.2. The molecule has 0 spiro atoms. The molecule has 0 aliphatic carbocycles. The van der Waals surface area contributed by atoms with Crippen molar-refractivity contribution in [1.82, 2.24) is 14.5 Å². The Kier molecular flexibility index (Phi) is 6.73. The maximum absolute atomic E-state index is 13.7. The molecule has 2 fully saturated rings. The highest BCUT2D eigenvalue weighted by molar-refractivity contribution is 7.89. The van der Waals surface area contributed by atoms with E-state index < -0.39 is 52.3 Å². The lowest BCUT2D eigenvalue weighted by molar-refractivity contribution is -0.607. The van der Waals surface area contributed by atoms with Crippen molar-refractivity contribution in [2.45, 2.75) is 49.7 Å². The lowest BCUT2D eigenvalue weighted by Crippen LogP contribution is -2.53. The lowest BCUT2D eigenvalue weighted by Gasteiger charge is -2.29. The summed E-state index contributed by atoms with van der Waals surface area (Å²) in [5.74, 6) is -0.307. The van der Waals surface area contributed by atoms with Gasteiger partial charge in [-0.25, -0.2) is 8.42 Å². The summed E-state index contributed by atoms with van der Waals surface area (Å²) < 4.78 is 38.6. The number of pyridine rings is 1. The molecule has 2 aromatic rings. The number of carbonyl (C=O) groups is 3. The van der Waals surface area contributed by atoms with Gasteiger partial charge < -0.3 is 24.9 Å². The number of likely N-dealkylation sites (tertiary alicyclic amines) is 1. The maximum Gasteiger partial charge on any atom is 0.252 e. The lowest BCUT2D eigenvalue weighted by atomic mass is 10.0. The van der Waals surface area contributed by atoms with Crippen molar-refractivity contribution in [3.05, 3.63) is 53.5 Å². The molecule has 1 aromatic heterocycles. The maximum atomic E-state index is 13.7. The fourth-order valence-corrected chi connectivity index (χ4v) is 6.87. The molecule has 4 heterocycles. The van der Waals surface area contributed by atoms with Crippen LogP contribution < -0.4 is 19.5 Å². The largest absolute Gasteiger partial charge is 0.619 e. The fourth-order valence-electron chi connectivity index (χ4n) is 5.24. The minimum absolute atomic E-state index is 0.0485. The van der Waals surface area contributed by atoms with Crippen molar-refractivity contribution in [3.63, 3.8) is 0 Å². The van der Waals surface area contributed by atoms with Gasteiger partial charge >= 0.3 is 0 Å². The van der Waals surface area contributed by atoms with E-state index in [2.05, 4.69) is 5.32 Å². The molecule has 3 unspecified atom stereocenters. The van der Waals surface area contributed by atoms with E-state index in [1.54, 1.807) is 18.2 Å². The first-order valence-electron chi connectivity index (χ1n) is 12.3. The van der Waals surface area contributed by atoms with Crippen LogP contribution in [0, 0.1) is 11.1 Å². The average molecular weight is 545 g/mol. The van der Waals surface area contributed by atoms with Gasteiger partial charge in [0.1, 0.15) is 17.0 Å². The van der Waals surface area contributed by atoms with Crippen LogP contribution in [-0.4, -0.2) is 73.2 Å². The third-order valence-corrected chi connectivity index (χ3v) is 8.81. The molecule has 1 aromatic carbocycles. The first-order valence-corrected chi connectivity index (χ1v) is 13.7. The number of Topliss-reactive ketones (excluding diaryl/α,β-unsaturated/α-hetero) is 1. The van der Waals surface area contributed by atoms with Crippen molar-refractivity contribution in [2.75, 3.05) is 19.9 Å². The highest BCUT2D eigenvalue weighted by atomic mass is 32.2. The summed E-state index contributed by atoms with van der Waals surface area (Å²) in [7, 11) is -4.13. The molecular formula is C25H28N4O8S. The standard InChI is InChI=1S/C25H28N4O8S/c1-15(2)10-18(26-24(31)16-5-6-21-22(11-16)37-14-36-21)25(32)28-9-7-19-23(28)20(30)13-29(19)38(34,35)17-4-3-8-27(33)12-17/h3-6,8,11-12,15,18-19,23H,7,9-10,13-14H2,1-2H3,(H,26,31). The highest BCUT2D eigenvalue weighted by Gasteiger charge is 2.54. The predicted octanol–water partition coefficient (Wildman–Crippen LogP) is 0.436. The number of fused-ring (bicyclic) bond motifs is 2. The van der Waals surface area contributed by atoms with E-state index in [0.717, 1.165) is 10.5 Å². The molecule has 2 amide bonds. The van der Waals surface area contributed by atoms with Gasteiger partial charge in [0, 0.05) is 18.2 Å². The van der Waals surface area contributed by atoms with Crippen molar-refractivity contribution in [3.8, 4) is 11.5 Å². The Balaban J connectivity index is 1.35. The first kappa shape index (κ1) is 25.9. The van der Waals surface area contributed by atoms with E-state index in [0.29, 0.717) is 28.2 Å². The summed E-state index contributed by atoms with van der Waals surface area (Å²) in [6.45, 7) is 3.66. The number of benzene rings is 1. The van der Waals surface area contributed by atoms with Crippen LogP contribution in [0.3, 0.4) is 0 Å². The second-order valence-corrected chi connectivity index (χ2v) is 11.9. The molecule has 3 aliphatic rings. The second kappa shape index (κ2) is 9.87. The quantitative estimate of drug-likeness (QED) is 0.390. The molecular weight excluding hydrogens is 516 g/mol. The molecule has 3 aliphatic heterocycles. The second-order valence-electron chi connectivity index (χ2n) is 9.97. The number of hydrogen-bond donors (Lipinski definition) is 1. The predicted molar refractivity (Wildman–Crippen MR) is 131 cm³/mol. The normalized spacial score (nSPS) is 21.6. The van der Waals surface area contributed by atoms with Crippen LogP contribution in [-0.2, 0) is 19.6 Å². The Labute approximate surface area is 219 Å². The van der Waals surface area contributed by atoms with Crippen LogP contribution in [0.5, 0.6) is 11.5 Å². The summed E-state index contributed by atoms with van der Waals surface area (Å²) in [4.78, 5) is 41.0. The Morgan fingerprint density at radius 3 is 2.71 bits per heavy atom. The van der Waals surface area contributed by atoms with E-state index in [-0.39, 0.29) is 30.6 Å². The van der Waals surface area contributed by atoms with Gasteiger partial charge in [-0.2, -0.15) is 9.04 Å². The minimum Gasteiger partial charge on any atom is -0.619 e. The molecule has 5 rings (SSSR count). The van der Waals surface area contributed by atoms with Gasteiger partial charge in [-0.3, -0.25) is 14.4 Å². The van der Waals surface area contributed by atoms with Gasteiger partial charge in [0.25, 0.3) is 5.91 Å². The van der Waals surface area contributed by atoms with Gasteiger partial charge in [0.15, 0.2) is 29.7 Å². The molecule has 12 nitrogen and oxygen atoms in total. The van der Waals surface area contributed by atoms with Gasteiger partial charge in [0.05, 0.1) is 12.6 Å². The Morgan fingerprint density at radius 1 is 1.21 bits per heavy atom. The number of ether oxygens (including phenoxy) is 2. The smallest absolute Gasteiger partial charge is 0.252 e. The van der Waals surface area contributed by atoms with Crippen molar-refractivity contribution >= 4 is 27.6 Å². The van der Waals surface area contributed by atoms with Crippen LogP contribution in [0.4, 0.5) is 0 Å². The third-order valence-electron chi connectivity index (χ3n) is 6.96. The van der Waals surface area contributed by atoms with E-state index >= 15 is 0 Å². The summed E-state index contributed by atoms with van der Waals surface area (Å²) in [6.07, 6.45) is 2.69. The van der Waals surface area contributed by atoms with Gasteiger partial charge in [0.2, 0.25) is 22.7 Å². The fraction of sp³-hybridized carbons (Fsp3) is 0.440. The molecule has 0 saturated carbocycles. The number of nitrogens with one attached hydrogen (secondary N) is 1. The van der Waals surface area contributed by atoms with Crippen LogP contribution in [0.2, 0.25) is 0 Å². The number of nitrogens with zero attached hydrogens (tertiary/aromatic N) is 3. The zero-order valence-corrected chi connectivity index (χ0v) is 21.7. The van der Waals surface area contributed by atoms with E-state index in [4.69, 9.17) is 9.47 Å². The average Bonchev–Trinajstić information content (AvgIpc) is 3.59. The van der Waals surface area contributed by atoms with Crippen LogP contribution in [0.15, 0.2) is 47.6 Å². The number of ketones is 1. The summed E-state index contributed by atoms with van der Waals surface area (Å²) >= 11 is 0. The summed E-state index contributed by atoms with van der Waals surface area (Å²) in [6, 6.07) is 4.72. The Bertz CT molecular complexity index is 1400. The number of aromatic nitrogens is 1. The molecule has 2 saturated heterocycles. The number of carbonyl (C=O) groups excluding carboxylic acids is 3. The first-order chi connectivity index (χ1) is 18.1. The van der Waals surface area contributed by atoms with Gasteiger partial charge in [-0.1, -0.05) is 13.8 Å². The van der Waals surface area contributed by atoms with Crippen LogP contribution in [0.1, 0.15) is 37.0 Å². The topological polar surface area (TPSA) is 149 Å². The Morgan fingerprint density at radius 2 is 1.97 bits per heavy atom. The molecule has 13 heteroatoms. The minimum atomic E-state index is -4.13. The highest BCUT2D eigenvalue weighted by Crippen LogP contribution is 2.35. The summed E-state index contributed by atoms with van der Waals surface area (Å²) in [5.41, 5.74) is 0.294. The molecule has 202 valence electrons. The van der Waals surface area contributed by atoms with Crippen LogP contribution >= 0.6 is 0 Å². The van der Waals surface area contributed by atoms with Crippen molar-refractivity contribution in [2.24, 2.45) is 5.92 Å². The van der Waals surface area contributed by atoms with Gasteiger partial charge in [-0.05, 0) is 43.0 Å². The van der Waals surface area contributed by atoms with Gasteiger partial charge in [-0.15, -0.1) is 0 Å². The summed E-state index contributed by atoms with van der Waals surface area (Å²) in [5, 5.41) is 14.5. The number of rotatable bonds is 7. The van der Waals surface area contributed by atoms with E-state index in [9.17, 15) is 28.0 Å². The third kappa shape index (κ3) is 4.67. The SMILES string of the molecule is CC(C)CC(NC(=O)c1ccc2c(c1)OCO2)C(=O)N1CCC2C1C(=O)CN2S(=O)(=O)c1ccc[n+]([O-])c1. The van der Waals surface area contributed by atoms with Crippen molar-refractivity contribution in [1.29, 1.82) is 0 Å². The zero-order valence-electron chi connectivity index (χ0n) is 20.9. The van der Waals surface area contributed by atoms with E-state index in [1.807, 2.05) is 13.8 Å². The molecule has 1 N–H and O–H groups in total. The van der Waals surface area contributed by atoms with E-state index in [1.165, 1.54) is 23.2 Å². The molecule has 3 atom stereocenters. The molecule has 0 radical (unpaired) electrons. The molecule has 0 bridgehead atoms. The molecule has 38 heavy (non-hydrogen) atoms. The monoisotopic (exact) mass is 544 g/mol. The van der Waals surface area contributed by atoms with Crippen LogP contribution in [0.25, 0.3) is 0 Å². The van der Waals surface area contributed by atoms with Crippen molar-refractivity contribution < 1.29 is 37.0 Å². The number of hydrogen-bond acceptors (Lipinski definition) is 8.